The van der Waals surface area contributed by atoms with Gasteiger partial charge in [-0.2, -0.15) is 0 Å². The van der Waals surface area contributed by atoms with Crippen LogP contribution in [0.3, 0.4) is 0 Å². The number of carbonyl (C=O) groups is 2. The molecule has 0 N–H and O–H groups in total. The molecule has 0 aromatic carbocycles. The maximum atomic E-state index is 11.7. The largest absolute Gasteiger partial charge is 0.464 e. The van der Waals surface area contributed by atoms with Gasteiger partial charge in [-0.25, -0.2) is 9.78 Å². The number of ether oxygens (including phenoxy) is 1. The number of aromatic nitrogens is 1. The first-order valence-electron chi connectivity index (χ1n) is 4.90. The second-order valence-electron chi connectivity index (χ2n) is 3.24. The second-order valence-corrected chi connectivity index (χ2v) is 3.24. The molecule has 0 saturated carbocycles. The number of esters is 1. The highest BCUT2D eigenvalue weighted by molar-refractivity contribution is 5.94. The number of hydrogen-bond acceptors (Lipinski definition) is 4. The van der Waals surface area contributed by atoms with E-state index in [1.807, 2.05) is 6.92 Å². The molecule has 0 unspecified atom stereocenters. The van der Waals surface area contributed by atoms with Crippen molar-refractivity contribution in [3.63, 3.8) is 0 Å². The monoisotopic (exact) mass is 222 g/mol. The number of carbonyl (C=O) groups excluding carboxylic acids is 2. The Bertz CT molecular complexity index is 387. The first-order valence-corrected chi connectivity index (χ1v) is 4.90. The van der Waals surface area contributed by atoms with Crippen molar-refractivity contribution in [1.29, 1.82) is 0 Å². The van der Waals surface area contributed by atoms with Crippen LogP contribution in [0.2, 0.25) is 0 Å². The molecular weight excluding hydrogens is 208 g/mol. The van der Waals surface area contributed by atoms with E-state index in [-0.39, 0.29) is 11.6 Å². The maximum absolute atomic E-state index is 11.7. The number of hydrogen-bond donors (Lipinski definition) is 0. The molecule has 1 aromatic rings. The third-order valence-electron chi connectivity index (χ3n) is 2.23. The Hall–Kier alpha value is -1.91. The van der Waals surface area contributed by atoms with Crippen LogP contribution in [-0.4, -0.2) is 42.5 Å². The molecule has 0 aliphatic heterocycles. The van der Waals surface area contributed by atoms with Gasteiger partial charge in [-0.05, 0) is 19.1 Å². The lowest BCUT2D eigenvalue weighted by atomic mass is 10.2. The van der Waals surface area contributed by atoms with Gasteiger partial charge in [0.15, 0.2) is 0 Å². The fourth-order valence-electron chi connectivity index (χ4n) is 1.11. The SMILES string of the molecule is CCN(C)C(=O)c1ccc(C(=O)OC)nc1. The van der Waals surface area contributed by atoms with Crippen molar-refractivity contribution in [2.45, 2.75) is 6.92 Å². The predicted molar refractivity (Wildman–Crippen MR) is 58.2 cm³/mol. The van der Waals surface area contributed by atoms with Gasteiger partial charge in [0.25, 0.3) is 5.91 Å². The summed E-state index contributed by atoms with van der Waals surface area (Å²) < 4.78 is 4.51. The number of pyridine rings is 1. The van der Waals surface area contributed by atoms with E-state index in [0.29, 0.717) is 12.1 Å². The molecule has 0 bridgehead atoms. The Morgan fingerprint density at radius 2 is 2.12 bits per heavy atom. The van der Waals surface area contributed by atoms with E-state index in [4.69, 9.17) is 0 Å². The van der Waals surface area contributed by atoms with Gasteiger partial charge in [0.05, 0.1) is 12.7 Å². The fraction of sp³-hybridized carbons (Fsp3) is 0.364. The molecule has 0 saturated heterocycles. The molecule has 0 fully saturated rings. The molecule has 0 atom stereocenters. The molecule has 0 radical (unpaired) electrons. The summed E-state index contributed by atoms with van der Waals surface area (Å²) in [6, 6.07) is 3.04. The average Bonchev–Trinajstić information content (AvgIpc) is 2.36. The van der Waals surface area contributed by atoms with Gasteiger partial charge in [-0.3, -0.25) is 4.79 Å². The minimum absolute atomic E-state index is 0.119. The van der Waals surface area contributed by atoms with Gasteiger partial charge in [-0.15, -0.1) is 0 Å². The van der Waals surface area contributed by atoms with Crippen molar-refractivity contribution in [3.05, 3.63) is 29.6 Å². The maximum Gasteiger partial charge on any atom is 0.356 e. The summed E-state index contributed by atoms with van der Waals surface area (Å²) in [7, 11) is 2.99. The van der Waals surface area contributed by atoms with Crippen LogP contribution in [0.4, 0.5) is 0 Å². The summed E-state index contributed by atoms with van der Waals surface area (Å²) in [5, 5.41) is 0. The van der Waals surface area contributed by atoms with Crippen LogP contribution < -0.4 is 0 Å². The van der Waals surface area contributed by atoms with Crippen molar-refractivity contribution < 1.29 is 14.3 Å². The van der Waals surface area contributed by atoms with Gasteiger partial charge in [0, 0.05) is 19.8 Å². The van der Waals surface area contributed by atoms with Crippen LogP contribution in [-0.2, 0) is 4.74 Å². The van der Waals surface area contributed by atoms with Gasteiger partial charge >= 0.3 is 5.97 Å². The van der Waals surface area contributed by atoms with Crippen LogP contribution in [0.1, 0.15) is 27.8 Å². The van der Waals surface area contributed by atoms with Crippen LogP contribution in [0.15, 0.2) is 18.3 Å². The van der Waals surface area contributed by atoms with E-state index in [9.17, 15) is 9.59 Å². The quantitative estimate of drug-likeness (QED) is 0.715. The van der Waals surface area contributed by atoms with Gasteiger partial charge in [0.2, 0.25) is 0 Å². The minimum atomic E-state index is -0.511. The third kappa shape index (κ3) is 2.56. The topological polar surface area (TPSA) is 59.5 Å². The van der Waals surface area contributed by atoms with Crippen molar-refractivity contribution >= 4 is 11.9 Å². The van der Waals surface area contributed by atoms with Crippen LogP contribution in [0, 0.1) is 0 Å². The van der Waals surface area contributed by atoms with E-state index in [1.165, 1.54) is 19.4 Å². The molecule has 0 aliphatic carbocycles. The number of nitrogens with zero attached hydrogens (tertiary/aromatic N) is 2. The molecule has 1 rings (SSSR count). The Labute approximate surface area is 94.0 Å². The first kappa shape index (κ1) is 12.2. The highest BCUT2D eigenvalue weighted by Crippen LogP contribution is 2.04. The molecular formula is C11H14N2O3. The molecule has 86 valence electrons. The Morgan fingerprint density at radius 3 is 2.56 bits per heavy atom. The van der Waals surface area contributed by atoms with Gasteiger partial charge in [-0.1, -0.05) is 0 Å². The molecule has 0 aliphatic rings. The zero-order valence-electron chi connectivity index (χ0n) is 9.56. The molecule has 5 heteroatoms. The van der Waals surface area contributed by atoms with Crippen LogP contribution in [0.5, 0.6) is 0 Å². The van der Waals surface area contributed by atoms with E-state index < -0.39 is 5.97 Å². The predicted octanol–water partition coefficient (Wildman–Crippen LogP) is 0.960. The zero-order chi connectivity index (χ0) is 12.1. The minimum Gasteiger partial charge on any atom is -0.464 e. The lowest BCUT2D eigenvalue weighted by Crippen LogP contribution is -2.26. The molecule has 1 aromatic heterocycles. The zero-order valence-corrected chi connectivity index (χ0v) is 9.56. The van der Waals surface area contributed by atoms with Crippen molar-refractivity contribution in [3.8, 4) is 0 Å². The Kier molecular flexibility index (Phi) is 3.99. The normalized spacial score (nSPS) is 9.69. The molecule has 1 amide bonds. The number of rotatable bonds is 3. The van der Waals surface area contributed by atoms with E-state index in [1.54, 1.807) is 18.0 Å². The first-order chi connectivity index (χ1) is 7.60. The summed E-state index contributed by atoms with van der Waals surface area (Å²) in [5.41, 5.74) is 0.648. The van der Waals surface area contributed by atoms with Gasteiger partial charge < -0.3 is 9.64 Å². The van der Waals surface area contributed by atoms with Crippen molar-refractivity contribution in [2.24, 2.45) is 0 Å². The summed E-state index contributed by atoms with van der Waals surface area (Å²) >= 11 is 0. The number of methoxy groups -OCH3 is 1. The molecule has 5 nitrogen and oxygen atoms in total. The molecule has 16 heavy (non-hydrogen) atoms. The average molecular weight is 222 g/mol. The van der Waals surface area contributed by atoms with Crippen molar-refractivity contribution in [2.75, 3.05) is 20.7 Å². The lowest BCUT2D eigenvalue weighted by molar-refractivity contribution is 0.0593. The second kappa shape index (κ2) is 5.25. The molecule has 1 heterocycles. The Balaban J connectivity index is 2.87. The van der Waals surface area contributed by atoms with Crippen molar-refractivity contribution in [1.82, 2.24) is 9.88 Å². The summed E-state index contributed by atoms with van der Waals surface area (Å²) in [6.45, 7) is 2.51. The summed E-state index contributed by atoms with van der Waals surface area (Å²) in [4.78, 5) is 28.2. The number of amides is 1. The Morgan fingerprint density at radius 1 is 1.44 bits per heavy atom. The summed E-state index contributed by atoms with van der Waals surface area (Å²) in [5.74, 6) is -0.630. The van der Waals surface area contributed by atoms with Gasteiger partial charge in [0.1, 0.15) is 5.69 Å². The fourth-order valence-corrected chi connectivity index (χ4v) is 1.11. The summed E-state index contributed by atoms with van der Waals surface area (Å²) in [6.07, 6.45) is 1.38. The van der Waals surface area contributed by atoms with Crippen LogP contribution >= 0.6 is 0 Å². The standard InChI is InChI=1S/C11H14N2O3/c1-4-13(2)10(14)8-5-6-9(12-7-8)11(15)16-3/h5-7H,4H2,1-3H3. The smallest absolute Gasteiger partial charge is 0.356 e. The highest BCUT2D eigenvalue weighted by atomic mass is 16.5. The third-order valence-corrected chi connectivity index (χ3v) is 2.23. The molecule has 0 spiro atoms. The van der Waals surface area contributed by atoms with E-state index in [2.05, 4.69) is 9.72 Å². The highest BCUT2D eigenvalue weighted by Gasteiger charge is 2.12. The van der Waals surface area contributed by atoms with Crippen LogP contribution in [0.25, 0.3) is 0 Å². The lowest BCUT2D eigenvalue weighted by Gasteiger charge is -2.13. The van der Waals surface area contributed by atoms with E-state index in [0.717, 1.165) is 0 Å². The van der Waals surface area contributed by atoms with E-state index >= 15 is 0 Å².